The number of nitrogens with one attached hydrogen (secondary N) is 1. The zero-order chi connectivity index (χ0) is 14.1. The molecule has 0 aromatic rings. The Labute approximate surface area is 113 Å². The maximum absolute atomic E-state index is 12.9. The predicted octanol–water partition coefficient (Wildman–Crippen LogP) is 3.07. The van der Waals surface area contributed by atoms with Gasteiger partial charge in [0.1, 0.15) is 0 Å². The number of halogens is 3. The van der Waals surface area contributed by atoms with E-state index in [1.54, 1.807) is 0 Å². The van der Waals surface area contributed by atoms with Gasteiger partial charge in [0.2, 0.25) is 0 Å². The molecule has 5 heteroatoms. The molecule has 19 heavy (non-hydrogen) atoms. The number of alkyl halides is 3. The van der Waals surface area contributed by atoms with Gasteiger partial charge in [-0.3, -0.25) is 0 Å². The fourth-order valence-corrected chi connectivity index (χ4v) is 3.27. The molecule has 2 aliphatic carbocycles. The van der Waals surface area contributed by atoms with E-state index >= 15 is 0 Å². The van der Waals surface area contributed by atoms with E-state index in [9.17, 15) is 13.2 Å². The summed E-state index contributed by atoms with van der Waals surface area (Å²) in [7, 11) is 0. The molecule has 3 unspecified atom stereocenters. The molecule has 0 aliphatic heterocycles. The lowest BCUT2D eigenvalue weighted by atomic mass is 9.75. The van der Waals surface area contributed by atoms with E-state index in [1.165, 1.54) is 12.8 Å². The Bertz CT molecular complexity index is 302. The highest BCUT2D eigenvalue weighted by Gasteiger charge is 2.47. The van der Waals surface area contributed by atoms with Crippen molar-refractivity contribution in [1.82, 2.24) is 5.32 Å². The highest BCUT2D eigenvalue weighted by Crippen LogP contribution is 2.42. The number of hydrogen-bond donors (Lipinski definition) is 2. The molecule has 0 amide bonds. The molecular weight excluding hydrogens is 253 g/mol. The SMILES string of the molecule is CC(CNC1(CN)CCCC(C(F)(F)F)C1)C1CC1. The smallest absolute Gasteiger partial charge is 0.329 e. The summed E-state index contributed by atoms with van der Waals surface area (Å²) in [5, 5.41) is 3.38. The second-order valence-electron chi connectivity index (χ2n) is 6.51. The lowest BCUT2D eigenvalue weighted by Gasteiger charge is -2.42. The second-order valence-corrected chi connectivity index (χ2v) is 6.51. The summed E-state index contributed by atoms with van der Waals surface area (Å²) in [5.74, 6) is 0.132. The molecule has 0 aromatic heterocycles. The summed E-state index contributed by atoms with van der Waals surface area (Å²) in [6, 6.07) is 0. The third kappa shape index (κ3) is 3.85. The van der Waals surface area contributed by atoms with Crippen LogP contribution in [0.1, 0.15) is 45.4 Å². The summed E-state index contributed by atoms with van der Waals surface area (Å²) in [6.45, 7) is 3.28. The minimum absolute atomic E-state index is 0.143. The minimum atomic E-state index is -4.08. The van der Waals surface area contributed by atoms with Gasteiger partial charge in [0.15, 0.2) is 0 Å². The van der Waals surface area contributed by atoms with E-state index in [0.29, 0.717) is 18.9 Å². The van der Waals surface area contributed by atoms with Crippen molar-refractivity contribution in [2.45, 2.75) is 57.2 Å². The summed E-state index contributed by atoms with van der Waals surface area (Å²) in [6.07, 6.45) is 0.243. The fourth-order valence-electron chi connectivity index (χ4n) is 3.27. The van der Waals surface area contributed by atoms with Gasteiger partial charge < -0.3 is 11.1 Å². The average Bonchev–Trinajstić information content (AvgIpc) is 3.19. The summed E-state index contributed by atoms with van der Waals surface area (Å²) >= 11 is 0. The lowest BCUT2D eigenvalue weighted by Crippen LogP contribution is -2.56. The maximum Gasteiger partial charge on any atom is 0.391 e. The molecule has 0 spiro atoms. The second kappa shape index (κ2) is 5.60. The topological polar surface area (TPSA) is 38.0 Å². The van der Waals surface area contributed by atoms with Gasteiger partial charge in [-0.1, -0.05) is 13.3 Å². The number of rotatable bonds is 5. The minimum Gasteiger partial charge on any atom is -0.329 e. The number of hydrogen-bond acceptors (Lipinski definition) is 2. The highest BCUT2D eigenvalue weighted by atomic mass is 19.4. The van der Waals surface area contributed by atoms with Gasteiger partial charge in [0.05, 0.1) is 5.92 Å². The van der Waals surface area contributed by atoms with Crippen molar-refractivity contribution in [3.8, 4) is 0 Å². The van der Waals surface area contributed by atoms with Crippen LogP contribution in [0.25, 0.3) is 0 Å². The van der Waals surface area contributed by atoms with Gasteiger partial charge in [0.25, 0.3) is 0 Å². The molecule has 2 aliphatic rings. The van der Waals surface area contributed by atoms with Crippen LogP contribution >= 0.6 is 0 Å². The molecule has 2 nitrogen and oxygen atoms in total. The van der Waals surface area contributed by atoms with E-state index in [-0.39, 0.29) is 12.8 Å². The third-order valence-electron chi connectivity index (χ3n) is 4.92. The van der Waals surface area contributed by atoms with Gasteiger partial charge in [-0.2, -0.15) is 13.2 Å². The van der Waals surface area contributed by atoms with Crippen molar-refractivity contribution < 1.29 is 13.2 Å². The van der Waals surface area contributed by atoms with Gasteiger partial charge >= 0.3 is 6.18 Å². The molecule has 3 atom stereocenters. The molecule has 0 bridgehead atoms. The van der Waals surface area contributed by atoms with E-state index < -0.39 is 17.6 Å². The zero-order valence-corrected chi connectivity index (χ0v) is 11.6. The monoisotopic (exact) mass is 278 g/mol. The third-order valence-corrected chi connectivity index (χ3v) is 4.92. The number of nitrogens with two attached hydrogens (primary N) is 1. The van der Waals surface area contributed by atoms with E-state index in [4.69, 9.17) is 5.73 Å². The highest BCUT2D eigenvalue weighted by molar-refractivity contribution is 4.97. The van der Waals surface area contributed by atoms with Crippen molar-refractivity contribution in [3.63, 3.8) is 0 Å². The Kier molecular flexibility index (Phi) is 4.45. The summed E-state index contributed by atoms with van der Waals surface area (Å²) < 4.78 is 38.7. The molecule has 0 aromatic carbocycles. The van der Waals surface area contributed by atoms with Crippen LogP contribution in [0.3, 0.4) is 0 Å². The van der Waals surface area contributed by atoms with Crippen LogP contribution in [0.15, 0.2) is 0 Å². The Morgan fingerprint density at radius 2 is 2.00 bits per heavy atom. The summed E-state index contributed by atoms with van der Waals surface area (Å²) in [5.41, 5.74) is 5.29. The molecular formula is C14H25F3N2. The molecule has 2 rings (SSSR count). The van der Waals surface area contributed by atoms with Crippen molar-refractivity contribution in [3.05, 3.63) is 0 Å². The molecule has 0 heterocycles. The Hall–Kier alpha value is -0.290. The van der Waals surface area contributed by atoms with Crippen LogP contribution in [0.5, 0.6) is 0 Å². The van der Waals surface area contributed by atoms with Gasteiger partial charge in [-0.05, 0) is 50.5 Å². The predicted molar refractivity (Wildman–Crippen MR) is 69.7 cm³/mol. The maximum atomic E-state index is 12.9. The van der Waals surface area contributed by atoms with Gasteiger partial charge in [0, 0.05) is 12.1 Å². The first-order valence-corrected chi connectivity index (χ1v) is 7.38. The van der Waals surface area contributed by atoms with Gasteiger partial charge in [-0.25, -0.2) is 0 Å². The average molecular weight is 278 g/mol. The van der Waals surface area contributed by atoms with Crippen molar-refractivity contribution in [2.75, 3.05) is 13.1 Å². The normalized spacial score (nSPS) is 34.3. The van der Waals surface area contributed by atoms with Crippen LogP contribution in [0.4, 0.5) is 13.2 Å². The first-order chi connectivity index (χ1) is 8.86. The molecule has 112 valence electrons. The lowest BCUT2D eigenvalue weighted by molar-refractivity contribution is -0.188. The van der Waals surface area contributed by atoms with Crippen LogP contribution in [-0.2, 0) is 0 Å². The van der Waals surface area contributed by atoms with Crippen molar-refractivity contribution in [2.24, 2.45) is 23.5 Å². The van der Waals surface area contributed by atoms with Crippen LogP contribution in [0, 0.1) is 17.8 Å². The molecule has 2 fully saturated rings. The van der Waals surface area contributed by atoms with E-state index in [1.807, 2.05) is 0 Å². The molecule has 3 N–H and O–H groups in total. The molecule has 2 saturated carbocycles. The quantitative estimate of drug-likeness (QED) is 0.811. The summed E-state index contributed by atoms with van der Waals surface area (Å²) in [4.78, 5) is 0. The van der Waals surface area contributed by atoms with Crippen LogP contribution in [-0.4, -0.2) is 24.8 Å². The first-order valence-electron chi connectivity index (χ1n) is 7.38. The van der Waals surface area contributed by atoms with Gasteiger partial charge in [-0.15, -0.1) is 0 Å². The molecule has 0 radical (unpaired) electrons. The van der Waals surface area contributed by atoms with E-state index in [2.05, 4.69) is 12.2 Å². The zero-order valence-electron chi connectivity index (χ0n) is 11.6. The Morgan fingerprint density at radius 1 is 1.32 bits per heavy atom. The Balaban J connectivity index is 1.92. The Morgan fingerprint density at radius 3 is 2.53 bits per heavy atom. The van der Waals surface area contributed by atoms with Crippen LogP contribution in [0.2, 0.25) is 0 Å². The van der Waals surface area contributed by atoms with E-state index in [0.717, 1.165) is 18.9 Å². The van der Waals surface area contributed by atoms with Crippen LogP contribution < -0.4 is 11.1 Å². The van der Waals surface area contributed by atoms with Crippen molar-refractivity contribution >= 4 is 0 Å². The standard InChI is InChI=1S/C14H25F3N2/c1-10(11-4-5-11)8-19-13(9-18)6-2-3-12(7-13)14(15,16)17/h10-12,19H,2-9,18H2,1H3. The first kappa shape index (κ1) is 15.1. The largest absolute Gasteiger partial charge is 0.391 e. The molecule has 0 saturated heterocycles. The fraction of sp³-hybridized carbons (Fsp3) is 1.00. The van der Waals surface area contributed by atoms with Crippen molar-refractivity contribution in [1.29, 1.82) is 0 Å².